The Labute approximate surface area is 283 Å². The van der Waals surface area contributed by atoms with Crippen LogP contribution in [0.4, 0.5) is 34.1 Å². The molecule has 0 fully saturated rings. The Morgan fingerprint density at radius 3 is 1.47 bits per heavy atom. The Bertz CT molecular complexity index is 2010. The fourth-order valence-electron chi connectivity index (χ4n) is 7.49. The van der Waals surface area contributed by atoms with E-state index in [2.05, 4.69) is 177 Å². The molecule has 0 N–H and O–H groups in total. The molecule has 2 heterocycles. The summed E-state index contributed by atoms with van der Waals surface area (Å²) >= 11 is 0. The number of anilines is 6. The van der Waals surface area contributed by atoms with Crippen LogP contribution in [0.15, 0.2) is 91.0 Å². The summed E-state index contributed by atoms with van der Waals surface area (Å²) in [7, 11) is 0. The van der Waals surface area contributed by atoms with E-state index in [1.54, 1.807) is 0 Å². The first-order valence-corrected chi connectivity index (χ1v) is 17.3. The number of nitrogens with zero attached hydrogens (tertiary/aromatic N) is 2. The predicted octanol–water partition coefficient (Wildman–Crippen LogP) is 10.4. The number of rotatable bonds is 3. The minimum atomic E-state index is 0.0156. The number of hydrogen-bond acceptors (Lipinski definition) is 2. The monoisotopic (exact) mass is 616 g/mol. The van der Waals surface area contributed by atoms with Crippen LogP contribution in [0.5, 0.6) is 0 Å². The van der Waals surface area contributed by atoms with Crippen LogP contribution in [0.1, 0.15) is 94.7 Å². The van der Waals surface area contributed by atoms with Gasteiger partial charge in [-0.05, 0) is 136 Å². The highest BCUT2D eigenvalue weighted by Crippen LogP contribution is 2.47. The molecule has 47 heavy (non-hydrogen) atoms. The van der Waals surface area contributed by atoms with Crippen LogP contribution in [-0.4, -0.2) is 6.71 Å². The Balaban J connectivity index is 1.62. The van der Waals surface area contributed by atoms with E-state index in [4.69, 9.17) is 0 Å². The van der Waals surface area contributed by atoms with E-state index in [0.29, 0.717) is 5.92 Å². The van der Waals surface area contributed by atoms with Gasteiger partial charge < -0.3 is 9.80 Å². The zero-order valence-electron chi connectivity index (χ0n) is 30.2. The Morgan fingerprint density at radius 2 is 1.00 bits per heavy atom. The summed E-state index contributed by atoms with van der Waals surface area (Å²) in [4.78, 5) is 5.14. The number of benzene rings is 5. The van der Waals surface area contributed by atoms with Gasteiger partial charge in [0.05, 0.1) is 0 Å². The van der Waals surface area contributed by atoms with Gasteiger partial charge in [0.25, 0.3) is 6.71 Å². The third-order valence-electron chi connectivity index (χ3n) is 10.2. The molecule has 0 aromatic heterocycles. The lowest BCUT2D eigenvalue weighted by atomic mass is 9.33. The Kier molecular flexibility index (Phi) is 7.28. The molecular formula is C44H49BN2. The fraction of sp³-hybridized carbons (Fsp3) is 0.318. The van der Waals surface area contributed by atoms with Crippen LogP contribution in [0.3, 0.4) is 0 Å². The number of hydrogen-bond donors (Lipinski definition) is 0. The summed E-state index contributed by atoms with van der Waals surface area (Å²) < 4.78 is 0. The third-order valence-corrected chi connectivity index (χ3v) is 10.2. The average molecular weight is 617 g/mol. The van der Waals surface area contributed by atoms with Gasteiger partial charge in [-0.3, -0.25) is 0 Å². The molecule has 5 aromatic carbocycles. The smallest absolute Gasteiger partial charge is 0.252 e. The van der Waals surface area contributed by atoms with Crippen LogP contribution in [0, 0.1) is 20.8 Å². The van der Waals surface area contributed by atoms with Gasteiger partial charge in [-0.2, -0.15) is 0 Å². The van der Waals surface area contributed by atoms with Crippen LogP contribution in [-0.2, 0) is 10.8 Å². The van der Waals surface area contributed by atoms with Gasteiger partial charge in [0.15, 0.2) is 0 Å². The Hall–Kier alpha value is -4.24. The topological polar surface area (TPSA) is 6.48 Å². The molecule has 0 atom stereocenters. The van der Waals surface area contributed by atoms with E-state index >= 15 is 0 Å². The van der Waals surface area contributed by atoms with E-state index < -0.39 is 0 Å². The minimum absolute atomic E-state index is 0.0156. The highest BCUT2D eigenvalue weighted by Gasteiger charge is 2.44. The van der Waals surface area contributed by atoms with E-state index in [0.717, 1.165) is 0 Å². The van der Waals surface area contributed by atoms with Gasteiger partial charge in [0.2, 0.25) is 0 Å². The predicted molar refractivity (Wildman–Crippen MR) is 206 cm³/mol. The second-order valence-corrected chi connectivity index (χ2v) is 16.5. The van der Waals surface area contributed by atoms with Crippen LogP contribution < -0.4 is 26.2 Å². The molecule has 0 unspecified atom stereocenters. The molecule has 238 valence electrons. The molecule has 2 aliphatic heterocycles. The molecule has 0 aliphatic carbocycles. The summed E-state index contributed by atoms with van der Waals surface area (Å²) in [6.07, 6.45) is 0. The van der Waals surface area contributed by atoms with Crippen LogP contribution >= 0.6 is 0 Å². The highest BCUT2D eigenvalue weighted by atomic mass is 15.2. The molecule has 0 bridgehead atoms. The van der Waals surface area contributed by atoms with Crippen molar-refractivity contribution < 1.29 is 0 Å². The molecule has 0 radical (unpaired) electrons. The van der Waals surface area contributed by atoms with Gasteiger partial charge in [0, 0.05) is 34.1 Å². The average Bonchev–Trinajstić information content (AvgIpc) is 2.99. The van der Waals surface area contributed by atoms with Gasteiger partial charge in [-0.1, -0.05) is 97.9 Å². The molecule has 0 saturated carbocycles. The first-order valence-electron chi connectivity index (χ1n) is 17.3. The van der Waals surface area contributed by atoms with Crippen molar-refractivity contribution in [3.8, 4) is 0 Å². The SMILES string of the molecule is Cc1cccc(N2c3cc(C)ccc3B3c4ccc(C)cc4N(c4cc(C(C)(C)C)cc(C(C)(C)C)c4)c4cc(C(C)C)cc2c43)c1. The first kappa shape index (κ1) is 31.4. The summed E-state index contributed by atoms with van der Waals surface area (Å²) in [6, 6.07) is 35.5. The van der Waals surface area contributed by atoms with E-state index in [-0.39, 0.29) is 17.5 Å². The lowest BCUT2D eigenvalue weighted by Crippen LogP contribution is -2.61. The van der Waals surface area contributed by atoms with Crippen molar-refractivity contribution in [1.82, 2.24) is 0 Å². The van der Waals surface area contributed by atoms with Crippen LogP contribution in [0.2, 0.25) is 0 Å². The van der Waals surface area contributed by atoms with Crippen LogP contribution in [0.25, 0.3) is 0 Å². The quantitative estimate of drug-likeness (QED) is 0.182. The van der Waals surface area contributed by atoms with Crippen molar-refractivity contribution in [1.29, 1.82) is 0 Å². The maximum Gasteiger partial charge on any atom is 0.252 e. The zero-order chi connectivity index (χ0) is 33.6. The maximum absolute atomic E-state index is 2.60. The summed E-state index contributed by atoms with van der Waals surface area (Å²) in [5.74, 6) is 0.375. The molecular weight excluding hydrogens is 567 g/mol. The zero-order valence-corrected chi connectivity index (χ0v) is 30.2. The molecule has 0 spiro atoms. The lowest BCUT2D eigenvalue weighted by molar-refractivity contribution is 0.569. The maximum atomic E-state index is 2.60. The van der Waals surface area contributed by atoms with Crippen molar-refractivity contribution in [3.63, 3.8) is 0 Å². The van der Waals surface area contributed by atoms with Gasteiger partial charge in [-0.25, -0.2) is 0 Å². The highest BCUT2D eigenvalue weighted by molar-refractivity contribution is 7.00. The van der Waals surface area contributed by atoms with E-state index in [1.165, 1.54) is 83.9 Å². The van der Waals surface area contributed by atoms with Gasteiger partial charge in [0.1, 0.15) is 0 Å². The number of aryl methyl sites for hydroxylation is 3. The van der Waals surface area contributed by atoms with Crippen molar-refractivity contribution >= 4 is 57.2 Å². The lowest BCUT2D eigenvalue weighted by Gasteiger charge is -2.45. The summed E-state index contributed by atoms with van der Waals surface area (Å²) in [5, 5.41) is 0. The van der Waals surface area contributed by atoms with Crippen molar-refractivity contribution in [2.75, 3.05) is 9.80 Å². The second-order valence-electron chi connectivity index (χ2n) is 16.5. The summed E-state index contributed by atoms with van der Waals surface area (Å²) in [5.41, 5.74) is 19.7. The van der Waals surface area contributed by atoms with Gasteiger partial charge in [-0.15, -0.1) is 0 Å². The standard InChI is InChI=1S/C44H49BN2/c1-27(2)31-22-40-42-41(23-31)47(35-25-32(43(6,7)8)24-33(26-35)44(9,10)11)39-21-30(5)16-18-37(39)45(42)36-17-15-29(4)20-38(36)46(40)34-14-12-13-28(3)19-34/h12-27H,1-11H3. The van der Waals surface area contributed by atoms with E-state index in [9.17, 15) is 0 Å². The third kappa shape index (κ3) is 5.29. The van der Waals surface area contributed by atoms with Crippen molar-refractivity contribution in [2.45, 2.75) is 92.9 Å². The molecule has 7 rings (SSSR count). The molecule has 2 nitrogen and oxygen atoms in total. The molecule has 5 aromatic rings. The molecule has 0 amide bonds. The van der Waals surface area contributed by atoms with Crippen molar-refractivity contribution in [2.24, 2.45) is 0 Å². The second kappa shape index (κ2) is 10.9. The summed E-state index contributed by atoms with van der Waals surface area (Å²) in [6.45, 7) is 25.5. The van der Waals surface area contributed by atoms with Crippen molar-refractivity contribution in [3.05, 3.63) is 124 Å². The van der Waals surface area contributed by atoms with E-state index in [1.807, 2.05) is 0 Å². The normalized spacial score (nSPS) is 13.9. The molecule has 2 aliphatic rings. The fourth-order valence-corrected chi connectivity index (χ4v) is 7.49. The first-order chi connectivity index (χ1) is 22.1. The molecule has 3 heteroatoms. The number of fused-ring (bicyclic) bond motifs is 4. The minimum Gasteiger partial charge on any atom is -0.311 e. The van der Waals surface area contributed by atoms with Gasteiger partial charge >= 0.3 is 0 Å². The molecule has 0 saturated heterocycles. The Morgan fingerprint density at radius 1 is 0.511 bits per heavy atom. The largest absolute Gasteiger partial charge is 0.311 e.